The second-order valence-electron chi connectivity index (χ2n) is 4.75. The lowest BCUT2D eigenvalue weighted by Crippen LogP contribution is -2.05. The summed E-state index contributed by atoms with van der Waals surface area (Å²) in [5.41, 5.74) is 3.68. The van der Waals surface area contributed by atoms with Gasteiger partial charge >= 0.3 is 0 Å². The second-order valence-corrected chi connectivity index (χ2v) is 7.13. The zero-order chi connectivity index (χ0) is 13.9. The van der Waals surface area contributed by atoms with E-state index in [4.69, 9.17) is 10.1 Å². The first kappa shape index (κ1) is 14.0. The fourth-order valence-electron chi connectivity index (χ4n) is 2.47. The van der Waals surface area contributed by atoms with Crippen molar-refractivity contribution in [2.24, 2.45) is 0 Å². The summed E-state index contributed by atoms with van der Waals surface area (Å²) in [6.45, 7) is 2.28. The summed E-state index contributed by atoms with van der Waals surface area (Å²) in [5.74, 6) is 1.69. The van der Waals surface area contributed by atoms with Crippen LogP contribution in [0, 0.1) is 6.92 Å². The van der Waals surface area contributed by atoms with Gasteiger partial charge in [0.2, 0.25) is 0 Å². The number of aliphatic hydroxyl groups is 1. The van der Waals surface area contributed by atoms with Gasteiger partial charge in [0.05, 0.1) is 12.3 Å². The topological polar surface area (TPSA) is 50.9 Å². The molecule has 0 bridgehead atoms. The molecule has 0 aliphatic heterocycles. The number of aliphatic hydroxyl groups excluding tert-OH is 1. The molecule has 20 heavy (non-hydrogen) atoms. The molecule has 0 unspecified atom stereocenters. The molecule has 2 aromatic heterocycles. The van der Waals surface area contributed by atoms with Crippen LogP contribution >= 0.6 is 21.6 Å². The van der Waals surface area contributed by atoms with Crippen LogP contribution in [0.4, 0.5) is 0 Å². The van der Waals surface area contributed by atoms with Gasteiger partial charge in [-0.3, -0.25) is 4.57 Å². The molecular formula is C14H17N3OS2. The van der Waals surface area contributed by atoms with Crippen molar-refractivity contribution in [3.05, 3.63) is 35.3 Å². The van der Waals surface area contributed by atoms with Gasteiger partial charge < -0.3 is 5.11 Å². The van der Waals surface area contributed by atoms with Crippen molar-refractivity contribution in [1.29, 1.82) is 0 Å². The van der Waals surface area contributed by atoms with Gasteiger partial charge in [0.15, 0.2) is 5.16 Å². The van der Waals surface area contributed by atoms with Crippen LogP contribution in [0.1, 0.15) is 23.4 Å². The molecule has 0 saturated carbocycles. The van der Waals surface area contributed by atoms with E-state index in [-0.39, 0.29) is 6.61 Å². The Balaban J connectivity index is 2.01. The van der Waals surface area contributed by atoms with E-state index in [2.05, 4.69) is 22.5 Å². The van der Waals surface area contributed by atoms with Crippen LogP contribution in [0.5, 0.6) is 0 Å². The molecular weight excluding hydrogens is 290 g/mol. The molecule has 106 valence electrons. The van der Waals surface area contributed by atoms with Gasteiger partial charge in [0.1, 0.15) is 5.82 Å². The number of aryl methyl sites for hydroxylation is 2. The van der Waals surface area contributed by atoms with Gasteiger partial charge in [-0.05, 0) is 48.6 Å². The summed E-state index contributed by atoms with van der Waals surface area (Å²) in [5, 5.41) is 9.90. The van der Waals surface area contributed by atoms with Crippen molar-refractivity contribution in [2.45, 2.75) is 31.3 Å². The summed E-state index contributed by atoms with van der Waals surface area (Å²) in [7, 11) is 3.26. The van der Waals surface area contributed by atoms with Crippen molar-refractivity contribution < 1.29 is 5.11 Å². The highest BCUT2D eigenvalue weighted by atomic mass is 33.1. The minimum atomic E-state index is 0.195. The number of hydrogen-bond acceptors (Lipinski definition) is 5. The minimum Gasteiger partial charge on any atom is -0.395 e. The molecule has 2 aromatic rings. The minimum absolute atomic E-state index is 0.195. The van der Waals surface area contributed by atoms with Gasteiger partial charge in [0.25, 0.3) is 0 Å². The average molecular weight is 307 g/mol. The SMILES string of the molecule is Cc1cccnc1-n1c(SSCCO)nc2c1CCC2. The van der Waals surface area contributed by atoms with E-state index in [0.717, 1.165) is 29.4 Å². The number of fused-ring (bicyclic) bond motifs is 1. The molecule has 0 amide bonds. The summed E-state index contributed by atoms with van der Waals surface area (Å²) >= 11 is 0. The largest absolute Gasteiger partial charge is 0.395 e. The molecule has 6 heteroatoms. The quantitative estimate of drug-likeness (QED) is 0.680. The van der Waals surface area contributed by atoms with Crippen LogP contribution in [0.15, 0.2) is 23.5 Å². The third-order valence-corrected chi connectivity index (χ3v) is 5.54. The summed E-state index contributed by atoms with van der Waals surface area (Å²) < 4.78 is 2.20. The number of nitrogens with zero attached hydrogens (tertiary/aromatic N) is 3. The van der Waals surface area contributed by atoms with Crippen LogP contribution in [0.25, 0.3) is 5.82 Å². The molecule has 0 radical (unpaired) electrons. The zero-order valence-corrected chi connectivity index (χ0v) is 13.0. The number of hydrogen-bond donors (Lipinski definition) is 1. The lowest BCUT2D eigenvalue weighted by atomic mass is 10.3. The van der Waals surface area contributed by atoms with E-state index < -0.39 is 0 Å². The molecule has 3 rings (SSSR count). The first-order chi connectivity index (χ1) is 9.81. The van der Waals surface area contributed by atoms with Crippen molar-refractivity contribution in [2.75, 3.05) is 12.4 Å². The lowest BCUT2D eigenvalue weighted by molar-refractivity contribution is 0.323. The second kappa shape index (κ2) is 6.20. The first-order valence-electron chi connectivity index (χ1n) is 6.74. The highest BCUT2D eigenvalue weighted by Gasteiger charge is 2.24. The highest BCUT2D eigenvalue weighted by molar-refractivity contribution is 8.76. The van der Waals surface area contributed by atoms with Crippen molar-refractivity contribution in [1.82, 2.24) is 14.5 Å². The third kappa shape index (κ3) is 2.60. The van der Waals surface area contributed by atoms with Crippen molar-refractivity contribution in [3.63, 3.8) is 0 Å². The standard InChI is InChI=1S/C14H17N3OS2/c1-10-4-3-7-15-13(10)17-12-6-2-5-11(12)16-14(17)20-19-9-8-18/h3-4,7,18H,2,5-6,8-9H2,1H3. The maximum absolute atomic E-state index is 8.92. The molecule has 0 spiro atoms. The number of rotatable bonds is 5. The normalized spacial score (nSPS) is 13.7. The Kier molecular flexibility index (Phi) is 4.33. The van der Waals surface area contributed by atoms with E-state index in [1.54, 1.807) is 21.6 Å². The molecule has 1 N–H and O–H groups in total. The molecule has 0 saturated heterocycles. The zero-order valence-electron chi connectivity index (χ0n) is 11.4. The maximum atomic E-state index is 8.92. The predicted octanol–water partition coefficient (Wildman–Crippen LogP) is 2.80. The Labute approximate surface area is 126 Å². The maximum Gasteiger partial charge on any atom is 0.185 e. The smallest absolute Gasteiger partial charge is 0.185 e. The number of aromatic nitrogens is 3. The Morgan fingerprint density at radius 2 is 2.30 bits per heavy atom. The fourth-order valence-corrected chi connectivity index (χ4v) is 4.28. The van der Waals surface area contributed by atoms with Gasteiger partial charge in [-0.25, -0.2) is 9.97 Å². The van der Waals surface area contributed by atoms with Gasteiger partial charge in [0, 0.05) is 17.6 Å². The highest BCUT2D eigenvalue weighted by Crippen LogP contribution is 2.36. The van der Waals surface area contributed by atoms with E-state index in [9.17, 15) is 0 Å². The van der Waals surface area contributed by atoms with Gasteiger partial charge in [-0.1, -0.05) is 16.9 Å². The van der Waals surface area contributed by atoms with E-state index >= 15 is 0 Å². The molecule has 1 aliphatic carbocycles. The van der Waals surface area contributed by atoms with Gasteiger partial charge in [-0.15, -0.1) is 0 Å². The Hall–Kier alpha value is -0.980. The molecule has 4 nitrogen and oxygen atoms in total. The number of imidazole rings is 1. The van der Waals surface area contributed by atoms with E-state index in [1.165, 1.54) is 17.8 Å². The lowest BCUT2D eigenvalue weighted by Gasteiger charge is -2.11. The summed E-state index contributed by atoms with van der Waals surface area (Å²) in [6.07, 6.45) is 5.15. The van der Waals surface area contributed by atoms with Crippen LogP contribution in [-0.4, -0.2) is 32.0 Å². The van der Waals surface area contributed by atoms with Crippen molar-refractivity contribution in [3.8, 4) is 5.82 Å². The molecule has 0 atom stereocenters. The predicted molar refractivity (Wildman–Crippen MR) is 83.5 cm³/mol. The van der Waals surface area contributed by atoms with Crippen LogP contribution in [0.2, 0.25) is 0 Å². The molecule has 1 aliphatic rings. The van der Waals surface area contributed by atoms with Crippen LogP contribution < -0.4 is 0 Å². The third-order valence-electron chi connectivity index (χ3n) is 3.35. The van der Waals surface area contributed by atoms with Gasteiger partial charge in [-0.2, -0.15) is 0 Å². The average Bonchev–Trinajstić information content (AvgIpc) is 3.01. The van der Waals surface area contributed by atoms with E-state index in [0.29, 0.717) is 5.75 Å². The Morgan fingerprint density at radius 1 is 1.40 bits per heavy atom. The van der Waals surface area contributed by atoms with Crippen LogP contribution in [-0.2, 0) is 12.8 Å². The Bertz CT molecular complexity index is 612. The Morgan fingerprint density at radius 3 is 3.10 bits per heavy atom. The van der Waals surface area contributed by atoms with E-state index in [1.807, 2.05) is 12.3 Å². The molecule has 0 fully saturated rings. The fraction of sp³-hybridized carbons (Fsp3) is 0.429. The molecule has 0 aromatic carbocycles. The van der Waals surface area contributed by atoms with Crippen LogP contribution in [0.3, 0.4) is 0 Å². The monoisotopic (exact) mass is 307 g/mol. The molecule has 2 heterocycles. The van der Waals surface area contributed by atoms with Crippen molar-refractivity contribution >= 4 is 21.6 Å². The first-order valence-corrected chi connectivity index (χ1v) is 9.06. The summed E-state index contributed by atoms with van der Waals surface area (Å²) in [6, 6.07) is 4.04. The summed E-state index contributed by atoms with van der Waals surface area (Å²) in [4.78, 5) is 9.30. The number of pyridine rings is 1.